The molecule has 0 saturated heterocycles. The van der Waals surface area contributed by atoms with Gasteiger partial charge in [-0.05, 0) is 42.3 Å². The second-order valence-electron chi connectivity index (χ2n) is 6.61. The molecular weight excluding hydrogens is 397 g/mol. The van der Waals surface area contributed by atoms with Gasteiger partial charge in [0.1, 0.15) is 0 Å². The van der Waals surface area contributed by atoms with Crippen molar-refractivity contribution in [2.24, 2.45) is 0 Å². The quantitative estimate of drug-likeness (QED) is 0.509. The van der Waals surface area contributed by atoms with E-state index >= 15 is 0 Å². The zero-order valence-electron chi connectivity index (χ0n) is 15.7. The minimum Gasteiger partial charge on any atom is -0.334 e. The molecule has 0 spiro atoms. The van der Waals surface area contributed by atoms with E-state index in [9.17, 15) is 4.79 Å². The molecule has 0 atom stereocenters. The molecule has 0 radical (unpaired) electrons. The van der Waals surface area contributed by atoms with Crippen LogP contribution in [0.3, 0.4) is 0 Å². The Kier molecular flexibility index (Phi) is 6.17. The molecule has 0 aliphatic carbocycles. The molecule has 3 aromatic rings. The summed E-state index contributed by atoms with van der Waals surface area (Å²) in [7, 11) is 0. The third-order valence-corrected chi connectivity index (χ3v) is 4.82. The van der Waals surface area contributed by atoms with Crippen molar-refractivity contribution >= 4 is 40.9 Å². The topological polar surface area (TPSA) is 68.0 Å². The number of carbonyl (C=O) groups is 1. The Labute approximate surface area is 173 Å². The van der Waals surface area contributed by atoms with Crippen molar-refractivity contribution in [3.05, 3.63) is 69.5 Å². The van der Waals surface area contributed by atoms with Gasteiger partial charge in [0.05, 0.1) is 21.3 Å². The highest BCUT2D eigenvalue weighted by Gasteiger charge is 2.17. The van der Waals surface area contributed by atoms with Crippen LogP contribution in [0.15, 0.2) is 47.0 Å². The molecule has 1 N–H and O–H groups in total. The number of carbonyl (C=O) groups excluding carboxylic acids is 1. The number of amides is 1. The molecule has 0 unspecified atom stereocenters. The number of hydrogen-bond acceptors (Lipinski definition) is 4. The number of nitrogens with zero attached hydrogens (tertiary/aromatic N) is 2. The van der Waals surface area contributed by atoms with Gasteiger partial charge in [-0.15, -0.1) is 0 Å². The number of aromatic nitrogens is 2. The van der Waals surface area contributed by atoms with E-state index in [1.165, 1.54) is 6.08 Å². The number of benzene rings is 2. The van der Waals surface area contributed by atoms with Crippen LogP contribution in [0.4, 0.5) is 5.69 Å². The van der Waals surface area contributed by atoms with Gasteiger partial charge in [-0.25, -0.2) is 0 Å². The molecule has 1 amide bonds. The monoisotopic (exact) mass is 415 g/mol. The van der Waals surface area contributed by atoms with Crippen molar-refractivity contribution in [3.8, 4) is 11.5 Å². The molecule has 0 fully saturated rings. The zero-order chi connectivity index (χ0) is 20.3. The minimum absolute atomic E-state index is 0.148. The number of nitrogens with one attached hydrogen (secondary N) is 1. The molecule has 5 nitrogen and oxygen atoms in total. The van der Waals surface area contributed by atoms with Crippen LogP contribution < -0.4 is 5.32 Å². The van der Waals surface area contributed by atoms with E-state index in [-0.39, 0.29) is 11.8 Å². The summed E-state index contributed by atoms with van der Waals surface area (Å²) in [6.45, 7) is 5.88. The summed E-state index contributed by atoms with van der Waals surface area (Å²) in [6, 6.07) is 10.8. The summed E-state index contributed by atoms with van der Waals surface area (Å²) < 4.78 is 5.39. The fourth-order valence-corrected chi connectivity index (χ4v) is 2.85. The van der Waals surface area contributed by atoms with Crippen molar-refractivity contribution in [2.45, 2.75) is 26.7 Å². The summed E-state index contributed by atoms with van der Waals surface area (Å²) in [4.78, 5) is 16.9. The molecular formula is C21H19Cl2N3O2. The van der Waals surface area contributed by atoms with E-state index in [1.807, 2.05) is 39.0 Å². The third-order valence-electron chi connectivity index (χ3n) is 4.08. The first-order valence-corrected chi connectivity index (χ1v) is 9.48. The fraction of sp³-hybridized carbons (Fsp3) is 0.190. The lowest BCUT2D eigenvalue weighted by Gasteiger charge is -2.10. The van der Waals surface area contributed by atoms with Crippen molar-refractivity contribution in [1.82, 2.24) is 10.1 Å². The number of halogens is 2. The van der Waals surface area contributed by atoms with E-state index in [0.29, 0.717) is 33.0 Å². The predicted octanol–water partition coefficient (Wildman–Crippen LogP) is 6.13. The summed E-state index contributed by atoms with van der Waals surface area (Å²) in [6.07, 6.45) is 3.10. The molecule has 0 aliphatic heterocycles. The molecule has 0 saturated carbocycles. The number of hydrogen-bond donors (Lipinski definition) is 1. The Bertz CT molecular complexity index is 1040. The van der Waals surface area contributed by atoms with E-state index in [4.69, 9.17) is 27.7 Å². The lowest BCUT2D eigenvalue weighted by molar-refractivity contribution is -0.111. The van der Waals surface area contributed by atoms with Crippen LogP contribution in [0.5, 0.6) is 0 Å². The first-order chi connectivity index (χ1) is 13.3. The highest BCUT2D eigenvalue weighted by Crippen LogP contribution is 2.30. The Morgan fingerprint density at radius 2 is 1.96 bits per heavy atom. The number of rotatable bonds is 5. The van der Waals surface area contributed by atoms with Gasteiger partial charge in [0.25, 0.3) is 5.89 Å². The summed E-state index contributed by atoms with van der Waals surface area (Å²) in [5, 5.41) is 7.80. The molecule has 0 aliphatic rings. The first kappa shape index (κ1) is 20.1. The maximum atomic E-state index is 12.5. The van der Waals surface area contributed by atoms with Gasteiger partial charge in [-0.3, -0.25) is 4.79 Å². The molecule has 7 heteroatoms. The maximum Gasteiger partial charge on any atom is 0.260 e. The Hall–Kier alpha value is -2.63. The van der Waals surface area contributed by atoms with Gasteiger partial charge in [-0.2, -0.15) is 4.98 Å². The fourth-order valence-electron chi connectivity index (χ4n) is 2.54. The first-order valence-electron chi connectivity index (χ1n) is 8.73. The van der Waals surface area contributed by atoms with Crippen LogP contribution >= 0.6 is 23.2 Å². The molecule has 2 aromatic carbocycles. The second-order valence-corrected chi connectivity index (χ2v) is 7.42. The molecule has 28 heavy (non-hydrogen) atoms. The van der Waals surface area contributed by atoms with Crippen molar-refractivity contribution in [2.75, 3.05) is 5.32 Å². The average Bonchev–Trinajstić information content (AvgIpc) is 3.15. The van der Waals surface area contributed by atoms with Crippen LogP contribution in [-0.4, -0.2) is 16.0 Å². The van der Waals surface area contributed by atoms with E-state index in [0.717, 1.165) is 11.1 Å². The van der Waals surface area contributed by atoms with Crippen LogP contribution in [0.1, 0.15) is 36.7 Å². The van der Waals surface area contributed by atoms with E-state index in [2.05, 4.69) is 15.5 Å². The average molecular weight is 416 g/mol. The number of aryl methyl sites for hydroxylation is 1. The third kappa shape index (κ3) is 4.61. The van der Waals surface area contributed by atoms with Crippen molar-refractivity contribution in [3.63, 3.8) is 0 Å². The normalized spacial score (nSPS) is 11.4. The van der Waals surface area contributed by atoms with Crippen LogP contribution in [-0.2, 0) is 4.79 Å². The van der Waals surface area contributed by atoms with Gasteiger partial charge in [0, 0.05) is 12.0 Å². The number of anilines is 1. The van der Waals surface area contributed by atoms with Crippen LogP contribution in [0.25, 0.3) is 17.5 Å². The Morgan fingerprint density at radius 3 is 2.64 bits per heavy atom. The summed E-state index contributed by atoms with van der Waals surface area (Å²) >= 11 is 11.9. The van der Waals surface area contributed by atoms with E-state index < -0.39 is 0 Å². The van der Waals surface area contributed by atoms with Gasteiger partial charge >= 0.3 is 0 Å². The van der Waals surface area contributed by atoms with Crippen molar-refractivity contribution in [1.29, 1.82) is 0 Å². The largest absolute Gasteiger partial charge is 0.334 e. The Morgan fingerprint density at radius 1 is 1.18 bits per heavy atom. The number of para-hydroxylation sites is 1. The minimum atomic E-state index is -0.287. The van der Waals surface area contributed by atoms with Crippen LogP contribution in [0.2, 0.25) is 10.0 Å². The summed E-state index contributed by atoms with van der Waals surface area (Å²) in [5.74, 6) is 0.851. The van der Waals surface area contributed by atoms with Gasteiger partial charge in [0.2, 0.25) is 5.91 Å². The molecule has 1 aromatic heterocycles. The van der Waals surface area contributed by atoms with Gasteiger partial charge in [-0.1, -0.05) is 60.4 Å². The predicted molar refractivity (Wildman–Crippen MR) is 113 cm³/mol. The summed E-state index contributed by atoms with van der Waals surface area (Å²) in [5.41, 5.74) is 2.96. The van der Waals surface area contributed by atoms with Crippen LogP contribution in [0, 0.1) is 6.92 Å². The standard InChI is InChI=1S/C21H19Cl2N3O2/c1-12(2)20-25-21(28-26-20)15-6-4-5-13(3)19(15)24-18(27)10-8-14-7-9-16(22)17(23)11-14/h4-12H,1-3H3,(H,24,27)/b10-8+. The van der Waals surface area contributed by atoms with Crippen molar-refractivity contribution < 1.29 is 9.32 Å². The molecule has 3 rings (SSSR count). The SMILES string of the molecule is Cc1cccc(-c2nc(C(C)C)no2)c1NC(=O)/C=C/c1ccc(Cl)c(Cl)c1. The zero-order valence-corrected chi connectivity index (χ0v) is 17.2. The Balaban J connectivity index is 1.84. The lowest BCUT2D eigenvalue weighted by atomic mass is 10.1. The maximum absolute atomic E-state index is 12.5. The smallest absolute Gasteiger partial charge is 0.260 e. The lowest BCUT2D eigenvalue weighted by Crippen LogP contribution is -2.10. The van der Waals surface area contributed by atoms with Gasteiger partial charge in [0.15, 0.2) is 5.82 Å². The second kappa shape index (κ2) is 8.59. The molecule has 1 heterocycles. The molecule has 0 bridgehead atoms. The highest BCUT2D eigenvalue weighted by molar-refractivity contribution is 6.42. The highest BCUT2D eigenvalue weighted by atomic mass is 35.5. The van der Waals surface area contributed by atoms with E-state index in [1.54, 1.807) is 24.3 Å². The van der Waals surface area contributed by atoms with Gasteiger partial charge < -0.3 is 9.84 Å². The molecule has 144 valence electrons.